The minimum absolute atomic E-state index is 0.0455. The zero-order chi connectivity index (χ0) is 14.4. The van der Waals surface area contributed by atoms with Gasteiger partial charge in [-0.1, -0.05) is 31.5 Å². The predicted octanol–water partition coefficient (Wildman–Crippen LogP) is 2.46. The number of benzene rings is 1. The summed E-state index contributed by atoms with van der Waals surface area (Å²) in [7, 11) is 3.14. The molecule has 0 aromatic heterocycles. The average molecular weight is 288 g/mol. The third-order valence-corrected chi connectivity index (χ3v) is 3.54. The molecule has 4 nitrogen and oxygen atoms in total. The number of rotatable bonds is 7. The Morgan fingerprint density at radius 3 is 2.42 bits per heavy atom. The summed E-state index contributed by atoms with van der Waals surface area (Å²) < 4.78 is 10.4. The van der Waals surface area contributed by atoms with Gasteiger partial charge >= 0.3 is 0 Å². The molecule has 0 amide bonds. The molecule has 1 aromatic rings. The molecule has 0 saturated carbocycles. The van der Waals surface area contributed by atoms with E-state index in [-0.39, 0.29) is 12.6 Å². The van der Waals surface area contributed by atoms with Gasteiger partial charge < -0.3 is 19.9 Å². The molecule has 0 saturated heterocycles. The van der Waals surface area contributed by atoms with Crippen LogP contribution in [0.15, 0.2) is 12.1 Å². The van der Waals surface area contributed by atoms with E-state index in [2.05, 4.69) is 19.2 Å². The van der Waals surface area contributed by atoms with Gasteiger partial charge in [0.1, 0.15) is 0 Å². The standard InChI is InChI=1S/C14H22ClNO3/c1-9(2)11(8-17)16-7-10-5-6-12(18-3)14(19-4)13(10)15/h5-6,9,11,16-17H,7-8H2,1-4H3/t11-/m1/s1. The van der Waals surface area contributed by atoms with E-state index in [1.165, 1.54) is 0 Å². The second-order valence-corrected chi connectivity index (χ2v) is 5.07. The minimum Gasteiger partial charge on any atom is -0.493 e. The van der Waals surface area contributed by atoms with E-state index in [0.717, 1.165) is 5.56 Å². The SMILES string of the molecule is COc1ccc(CN[C@H](CO)C(C)C)c(Cl)c1OC. The second kappa shape index (κ2) is 7.58. The van der Waals surface area contributed by atoms with E-state index in [1.807, 2.05) is 12.1 Å². The fourth-order valence-electron chi connectivity index (χ4n) is 1.82. The van der Waals surface area contributed by atoms with E-state index in [0.29, 0.717) is 29.0 Å². The average Bonchev–Trinajstić information content (AvgIpc) is 2.40. The van der Waals surface area contributed by atoms with Crippen molar-refractivity contribution in [2.75, 3.05) is 20.8 Å². The molecule has 0 heterocycles. The molecule has 0 aliphatic heterocycles. The van der Waals surface area contributed by atoms with E-state index < -0.39 is 0 Å². The van der Waals surface area contributed by atoms with Gasteiger partial charge in [-0.15, -0.1) is 0 Å². The predicted molar refractivity (Wildman–Crippen MR) is 77.1 cm³/mol. The maximum absolute atomic E-state index is 9.29. The molecule has 0 aliphatic carbocycles. The highest BCUT2D eigenvalue weighted by atomic mass is 35.5. The first kappa shape index (κ1) is 16.1. The fourth-order valence-corrected chi connectivity index (χ4v) is 2.12. The van der Waals surface area contributed by atoms with E-state index in [9.17, 15) is 5.11 Å². The van der Waals surface area contributed by atoms with Gasteiger partial charge in [0.05, 0.1) is 25.8 Å². The lowest BCUT2D eigenvalue weighted by Crippen LogP contribution is -2.36. The van der Waals surface area contributed by atoms with E-state index in [4.69, 9.17) is 21.1 Å². The van der Waals surface area contributed by atoms with Crippen molar-refractivity contribution in [3.63, 3.8) is 0 Å². The number of nitrogens with one attached hydrogen (secondary N) is 1. The van der Waals surface area contributed by atoms with Crippen molar-refractivity contribution in [3.8, 4) is 11.5 Å². The van der Waals surface area contributed by atoms with Gasteiger partial charge in [0.15, 0.2) is 11.5 Å². The largest absolute Gasteiger partial charge is 0.493 e. The van der Waals surface area contributed by atoms with Crippen LogP contribution < -0.4 is 14.8 Å². The van der Waals surface area contributed by atoms with Gasteiger partial charge in [-0.2, -0.15) is 0 Å². The number of hydrogen-bond acceptors (Lipinski definition) is 4. The van der Waals surface area contributed by atoms with Gasteiger partial charge in [-0.3, -0.25) is 0 Å². The quantitative estimate of drug-likeness (QED) is 0.809. The normalized spacial score (nSPS) is 12.6. The molecular formula is C14H22ClNO3. The van der Waals surface area contributed by atoms with Crippen LogP contribution >= 0.6 is 11.6 Å². The summed E-state index contributed by atoms with van der Waals surface area (Å²) in [5, 5.41) is 13.1. The summed E-state index contributed by atoms with van der Waals surface area (Å²) >= 11 is 6.29. The third-order valence-electron chi connectivity index (χ3n) is 3.12. The Bertz CT molecular complexity index is 410. The lowest BCUT2D eigenvalue weighted by molar-refractivity contribution is 0.210. The monoisotopic (exact) mass is 287 g/mol. The maximum atomic E-state index is 9.29. The fraction of sp³-hybridized carbons (Fsp3) is 0.571. The summed E-state index contributed by atoms with van der Waals surface area (Å²) in [6.07, 6.45) is 0. The van der Waals surface area contributed by atoms with E-state index in [1.54, 1.807) is 14.2 Å². The van der Waals surface area contributed by atoms with Crippen molar-refractivity contribution in [2.24, 2.45) is 5.92 Å². The molecule has 0 bridgehead atoms. The Kier molecular flexibility index (Phi) is 6.42. The summed E-state index contributed by atoms with van der Waals surface area (Å²) in [6.45, 7) is 4.79. The Hall–Kier alpha value is -0.970. The van der Waals surface area contributed by atoms with Crippen LogP contribution in [0.4, 0.5) is 0 Å². The number of hydrogen-bond donors (Lipinski definition) is 2. The van der Waals surface area contributed by atoms with Gasteiger partial charge in [-0.05, 0) is 17.5 Å². The number of ether oxygens (including phenoxy) is 2. The van der Waals surface area contributed by atoms with Crippen molar-refractivity contribution in [3.05, 3.63) is 22.7 Å². The van der Waals surface area contributed by atoms with Gasteiger partial charge in [0.2, 0.25) is 0 Å². The number of aliphatic hydroxyl groups is 1. The summed E-state index contributed by atoms with van der Waals surface area (Å²) in [6, 6.07) is 3.76. The first-order valence-electron chi connectivity index (χ1n) is 6.28. The van der Waals surface area contributed by atoms with Crippen molar-refractivity contribution in [1.29, 1.82) is 0 Å². The van der Waals surface area contributed by atoms with Crippen LogP contribution in [0.25, 0.3) is 0 Å². The second-order valence-electron chi connectivity index (χ2n) is 4.69. The summed E-state index contributed by atoms with van der Waals surface area (Å²) in [4.78, 5) is 0. The minimum atomic E-state index is 0.0455. The molecule has 0 unspecified atom stereocenters. The van der Waals surface area contributed by atoms with Crippen LogP contribution in [0.2, 0.25) is 5.02 Å². The number of methoxy groups -OCH3 is 2. The molecule has 1 aromatic carbocycles. The zero-order valence-corrected chi connectivity index (χ0v) is 12.6. The topological polar surface area (TPSA) is 50.7 Å². The molecule has 19 heavy (non-hydrogen) atoms. The molecule has 108 valence electrons. The summed E-state index contributed by atoms with van der Waals surface area (Å²) in [5.74, 6) is 1.50. The molecular weight excluding hydrogens is 266 g/mol. The highest BCUT2D eigenvalue weighted by Crippen LogP contribution is 2.37. The highest BCUT2D eigenvalue weighted by Gasteiger charge is 2.15. The van der Waals surface area contributed by atoms with Crippen LogP contribution in [-0.4, -0.2) is 32.0 Å². The highest BCUT2D eigenvalue weighted by molar-refractivity contribution is 6.33. The Labute approximate surface area is 119 Å². The van der Waals surface area contributed by atoms with Crippen LogP contribution in [0, 0.1) is 5.92 Å². The molecule has 0 fully saturated rings. The number of aliphatic hydroxyl groups excluding tert-OH is 1. The van der Waals surface area contributed by atoms with Crippen LogP contribution in [-0.2, 0) is 6.54 Å². The molecule has 0 spiro atoms. The molecule has 2 N–H and O–H groups in total. The van der Waals surface area contributed by atoms with Crippen molar-refractivity contribution in [2.45, 2.75) is 26.4 Å². The van der Waals surface area contributed by atoms with Crippen LogP contribution in [0.5, 0.6) is 11.5 Å². The Morgan fingerprint density at radius 1 is 1.26 bits per heavy atom. The zero-order valence-electron chi connectivity index (χ0n) is 11.9. The molecule has 1 rings (SSSR count). The first-order valence-corrected chi connectivity index (χ1v) is 6.66. The molecule has 1 atom stereocenters. The molecule has 5 heteroatoms. The van der Waals surface area contributed by atoms with Crippen molar-refractivity contribution in [1.82, 2.24) is 5.32 Å². The van der Waals surface area contributed by atoms with Gasteiger partial charge in [-0.25, -0.2) is 0 Å². The van der Waals surface area contributed by atoms with Gasteiger partial charge in [0, 0.05) is 12.6 Å². The smallest absolute Gasteiger partial charge is 0.179 e. The van der Waals surface area contributed by atoms with Crippen LogP contribution in [0.3, 0.4) is 0 Å². The van der Waals surface area contributed by atoms with Crippen molar-refractivity contribution < 1.29 is 14.6 Å². The first-order chi connectivity index (χ1) is 9.04. The Morgan fingerprint density at radius 2 is 1.95 bits per heavy atom. The van der Waals surface area contributed by atoms with Crippen molar-refractivity contribution >= 4 is 11.6 Å². The lowest BCUT2D eigenvalue weighted by atomic mass is 10.0. The molecule has 0 aliphatic rings. The van der Waals surface area contributed by atoms with Gasteiger partial charge in [0.25, 0.3) is 0 Å². The number of halogens is 1. The third kappa shape index (κ3) is 4.00. The maximum Gasteiger partial charge on any atom is 0.179 e. The van der Waals surface area contributed by atoms with Crippen LogP contribution in [0.1, 0.15) is 19.4 Å². The van der Waals surface area contributed by atoms with E-state index >= 15 is 0 Å². The molecule has 0 radical (unpaired) electrons. The lowest BCUT2D eigenvalue weighted by Gasteiger charge is -2.21. The summed E-state index contributed by atoms with van der Waals surface area (Å²) in [5.41, 5.74) is 0.915. The Balaban J connectivity index is 2.85.